The Morgan fingerprint density at radius 2 is 1.93 bits per heavy atom. The van der Waals surface area contributed by atoms with Crippen molar-refractivity contribution >= 4 is 0 Å². The minimum Gasteiger partial charge on any atom is -0.392 e. The quantitative estimate of drug-likeness (QED) is 0.762. The smallest absolute Gasteiger partial charge is 0.0639 e. The highest BCUT2D eigenvalue weighted by atomic mass is 16.3. The van der Waals surface area contributed by atoms with Crippen LogP contribution < -0.4 is 0 Å². The first kappa shape index (κ1) is 13.0. The standard InChI is InChI=1S/C13H27NO/c1-11(15)10-14-9-7-5-6-8-12(14)13(2,3)4/h11-12,15H,5-10H2,1-4H3. The van der Waals surface area contributed by atoms with Crippen molar-refractivity contribution in [2.75, 3.05) is 13.1 Å². The molecule has 1 fully saturated rings. The van der Waals surface area contributed by atoms with Gasteiger partial charge in [-0.15, -0.1) is 0 Å². The predicted molar refractivity (Wildman–Crippen MR) is 65.0 cm³/mol. The SMILES string of the molecule is CC(O)CN1CCCCCC1C(C)(C)C. The van der Waals surface area contributed by atoms with Crippen LogP contribution in [0.2, 0.25) is 0 Å². The fraction of sp³-hybridized carbons (Fsp3) is 1.00. The van der Waals surface area contributed by atoms with E-state index in [0.29, 0.717) is 11.5 Å². The van der Waals surface area contributed by atoms with E-state index < -0.39 is 0 Å². The third kappa shape index (κ3) is 4.12. The second-order valence-electron chi connectivity index (χ2n) is 6.08. The molecular weight excluding hydrogens is 186 g/mol. The summed E-state index contributed by atoms with van der Waals surface area (Å²) in [6, 6.07) is 0.634. The van der Waals surface area contributed by atoms with Crippen molar-refractivity contribution in [2.45, 2.75) is 65.5 Å². The van der Waals surface area contributed by atoms with E-state index >= 15 is 0 Å². The van der Waals surface area contributed by atoms with Crippen LogP contribution in [-0.4, -0.2) is 35.2 Å². The number of nitrogens with zero attached hydrogens (tertiary/aromatic N) is 1. The maximum absolute atomic E-state index is 9.54. The number of aliphatic hydroxyl groups is 1. The third-order valence-corrected chi connectivity index (χ3v) is 3.36. The largest absolute Gasteiger partial charge is 0.392 e. The fourth-order valence-electron chi connectivity index (χ4n) is 2.71. The van der Waals surface area contributed by atoms with Gasteiger partial charge in [-0.1, -0.05) is 33.6 Å². The minimum atomic E-state index is -0.201. The predicted octanol–water partition coefficient (Wildman–Crippen LogP) is 2.66. The molecule has 1 rings (SSSR count). The van der Waals surface area contributed by atoms with Crippen LogP contribution in [0.15, 0.2) is 0 Å². The van der Waals surface area contributed by atoms with Gasteiger partial charge in [-0.05, 0) is 31.7 Å². The summed E-state index contributed by atoms with van der Waals surface area (Å²) in [6.07, 6.45) is 5.07. The average Bonchev–Trinajstić information content (AvgIpc) is 2.27. The summed E-state index contributed by atoms with van der Waals surface area (Å²) in [5.74, 6) is 0. The minimum absolute atomic E-state index is 0.201. The summed E-state index contributed by atoms with van der Waals surface area (Å²) in [7, 11) is 0. The van der Waals surface area contributed by atoms with E-state index in [4.69, 9.17) is 0 Å². The Balaban J connectivity index is 2.67. The number of hydrogen-bond donors (Lipinski definition) is 1. The lowest BCUT2D eigenvalue weighted by Crippen LogP contribution is -2.46. The van der Waals surface area contributed by atoms with E-state index in [9.17, 15) is 5.11 Å². The zero-order valence-corrected chi connectivity index (χ0v) is 10.8. The molecule has 0 aromatic carbocycles. The van der Waals surface area contributed by atoms with Gasteiger partial charge in [-0.2, -0.15) is 0 Å². The highest BCUT2D eigenvalue weighted by molar-refractivity contribution is 4.85. The first-order chi connectivity index (χ1) is 6.91. The topological polar surface area (TPSA) is 23.5 Å². The molecule has 1 aliphatic heterocycles. The van der Waals surface area contributed by atoms with Crippen LogP contribution in [0, 0.1) is 5.41 Å². The lowest BCUT2D eigenvalue weighted by Gasteiger charge is -2.39. The number of β-amino-alcohol motifs (C(OH)–C–C–N with tert-alkyl or cyclic N) is 1. The first-order valence-corrected chi connectivity index (χ1v) is 6.33. The maximum Gasteiger partial charge on any atom is 0.0639 e. The van der Waals surface area contributed by atoms with Crippen LogP contribution in [0.1, 0.15) is 53.4 Å². The van der Waals surface area contributed by atoms with Gasteiger partial charge >= 0.3 is 0 Å². The molecule has 2 atom stereocenters. The van der Waals surface area contributed by atoms with Crippen LogP contribution >= 0.6 is 0 Å². The van der Waals surface area contributed by atoms with Crippen molar-refractivity contribution in [1.29, 1.82) is 0 Å². The van der Waals surface area contributed by atoms with Crippen LogP contribution in [0.5, 0.6) is 0 Å². The molecule has 0 saturated carbocycles. The van der Waals surface area contributed by atoms with Gasteiger partial charge in [-0.3, -0.25) is 4.90 Å². The maximum atomic E-state index is 9.54. The summed E-state index contributed by atoms with van der Waals surface area (Å²) < 4.78 is 0. The van der Waals surface area contributed by atoms with Gasteiger partial charge in [0, 0.05) is 12.6 Å². The molecule has 1 saturated heterocycles. The van der Waals surface area contributed by atoms with Gasteiger partial charge in [0.1, 0.15) is 0 Å². The van der Waals surface area contributed by atoms with Gasteiger partial charge in [0.05, 0.1) is 6.10 Å². The zero-order chi connectivity index (χ0) is 11.5. The zero-order valence-electron chi connectivity index (χ0n) is 10.8. The van der Waals surface area contributed by atoms with Crippen molar-refractivity contribution < 1.29 is 5.11 Å². The van der Waals surface area contributed by atoms with Crippen molar-refractivity contribution in [3.8, 4) is 0 Å². The molecule has 0 aromatic heterocycles. The summed E-state index contributed by atoms with van der Waals surface area (Å²) in [5, 5.41) is 9.54. The molecule has 90 valence electrons. The molecule has 2 nitrogen and oxygen atoms in total. The van der Waals surface area contributed by atoms with Crippen molar-refractivity contribution in [1.82, 2.24) is 4.90 Å². The van der Waals surface area contributed by atoms with Gasteiger partial charge in [0.15, 0.2) is 0 Å². The Morgan fingerprint density at radius 1 is 1.27 bits per heavy atom. The molecule has 0 amide bonds. The van der Waals surface area contributed by atoms with Crippen molar-refractivity contribution in [3.05, 3.63) is 0 Å². The van der Waals surface area contributed by atoms with E-state index in [2.05, 4.69) is 25.7 Å². The van der Waals surface area contributed by atoms with Crippen LogP contribution in [-0.2, 0) is 0 Å². The Morgan fingerprint density at radius 3 is 2.47 bits per heavy atom. The van der Waals surface area contributed by atoms with Crippen LogP contribution in [0.25, 0.3) is 0 Å². The van der Waals surface area contributed by atoms with E-state index in [0.717, 1.165) is 13.1 Å². The monoisotopic (exact) mass is 213 g/mol. The molecule has 1 N–H and O–H groups in total. The summed E-state index contributed by atoms with van der Waals surface area (Å²) in [4.78, 5) is 2.50. The number of likely N-dealkylation sites (tertiary alicyclic amines) is 1. The van der Waals surface area contributed by atoms with Gasteiger partial charge in [0.25, 0.3) is 0 Å². The molecule has 0 radical (unpaired) electrons. The van der Waals surface area contributed by atoms with Gasteiger partial charge in [-0.25, -0.2) is 0 Å². The highest BCUT2D eigenvalue weighted by Crippen LogP contribution is 2.31. The normalized spacial score (nSPS) is 27.4. The van der Waals surface area contributed by atoms with E-state index in [-0.39, 0.29) is 6.10 Å². The van der Waals surface area contributed by atoms with E-state index in [1.54, 1.807) is 0 Å². The van der Waals surface area contributed by atoms with Gasteiger partial charge in [0.2, 0.25) is 0 Å². The number of rotatable bonds is 2. The molecule has 0 bridgehead atoms. The van der Waals surface area contributed by atoms with E-state index in [1.165, 1.54) is 25.7 Å². The van der Waals surface area contributed by atoms with E-state index in [1.807, 2.05) is 6.92 Å². The molecule has 0 spiro atoms. The second kappa shape index (κ2) is 5.31. The second-order valence-corrected chi connectivity index (χ2v) is 6.08. The molecule has 0 aliphatic carbocycles. The third-order valence-electron chi connectivity index (χ3n) is 3.36. The van der Waals surface area contributed by atoms with Crippen molar-refractivity contribution in [3.63, 3.8) is 0 Å². The van der Waals surface area contributed by atoms with Gasteiger partial charge < -0.3 is 5.11 Å². The lowest BCUT2D eigenvalue weighted by atomic mass is 9.83. The summed E-state index contributed by atoms with van der Waals surface area (Å²) in [6.45, 7) is 10.8. The summed E-state index contributed by atoms with van der Waals surface area (Å²) in [5.41, 5.74) is 0.333. The Labute approximate surface area is 94.7 Å². The molecular formula is C13H27NO. The average molecular weight is 213 g/mol. The molecule has 15 heavy (non-hydrogen) atoms. The molecule has 1 aliphatic rings. The van der Waals surface area contributed by atoms with Crippen LogP contribution in [0.3, 0.4) is 0 Å². The Hall–Kier alpha value is -0.0800. The molecule has 2 unspecified atom stereocenters. The summed E-state index contributed by atoms with van der Waals surface area (Å²) >= 11 is 0. The number of aliphatic hydroxyl groups excluding tert-OH is 1. The number of hydrogen-bond acceptors (Lipinski definition) is 2. The van der Waals surface area contributed by atoms with Crippen LogP contribution in [0.4, 0.5) is 0 Å². The first-order valence-electron chi connectivity index (χ1n) is 6.33. The molecule has 1 heterocycles. The highest BCUT2D eigenvalue weighted by Gasteiger charge is 2.31. The lowest BCUT2D eigenvalue weighted by molar-refractivity contribution is 0.0531. The Kier molecular flexibility index (Phi) is 4.60. The molecule has 2 heteroatoms. The van der Waals surface area contributed by atoms with Crippen molar-refractivity contribution in [2.24, 2.45) is 5.41 Å². The molecule has 0 aromatic rings. The fourth-order valence-corrected chi connectivity index (χ4v) is 2.71. The Bertz CT molecular complexity index is 183.